The van der Waals surface area contributed by atoms with E-state index < -0.39 is 9.84 Å². The third-order valence-corrected chi connectivity index (χ3v) is 4.73. The molecule has 0 radical (unpaired) electrons. The van der Waals surface area contributed by atoms with Gasteiger partial charge in [-0.3, -0.25) is 0 Å². The minimum Gasteiger partial charge on any atom is -0.451 e. The molecule has 3 rings (SSSR count). The first-order valence-electron chi connectivity index (χ1n) is 6.85. The van der Waals surface area contributed by atoms with Crippen LogP contribution < -0.4 is 0 Å². The van der Waals surface area contributed by atoms with Gasteiger partial charge in [0.05, 0.1) is 4.90 Å². The zero-order chi connectivity index (χ0) is 16.6. The monoisotopic (exact) mass is 331 g/mol. The van der Waals surface area contributed by atoms with E-state index in [1.165, 1.54) is 24.8 Å². The summed E-state index contributed by atoms with van der Waals surface area (Å²) in [6, 6.07) is 9.07. The molecule has 1 aromatic heterocycles. The molecule has 0 amide bonds. The van der Waals surface area contributed by atoms with Gasteiger partial charge in [-0.2, -0.15) is 0 Å². The lowest BCUT2D eigenvalue weighted by molar-refractivity contribution is 0.558. The van der Waals surface area contributed by atoms with Gasteiger partial charge in [-0.15, -0.1) is 0 Å². The van der Waals surface area contributed by atoms with E-state index in [9.17, 15) is 12.8 Å². The van der Waals surface area contributed by atoms with Crippen LogP contribution in [0.15, 0.2) is 58.4 Å². The summed E-state index contributed by atoms with van der Waals surface area (Å²) in [5.41, 5.74) is 3.29. The van der Waals surface area contributed by atoms with Crippen LogP contribution in [0.1, 0.15) is 5.56 Å². The molecule has 118 valence electrons. The fourth-order valence-corrected chi connectivity index (χ4v) is 3.43. The van der Waals surface area contributed by atoms with Crippen LogP contribution in [0.25, 0.3) is 22.4 Å². The second kappa shape index (κ2) is 5.62. The van der Waals surface area contributed by atoms with Crippen LogP contribution >= 0.6 is 0 Å². The number of benzene rings is 2. The highest BCUT2D eigenvalue weighted by Crippen LogP contribution is 2.34. The van der Waals surface area contributed by atoms with Crippen LogP contribution in [0.4, 0.5) is 4.39 Å². The van der Waals surface area contributed by atoms with Crippen molar-refractivity contribution in [3.05, 3.63) is 60.4 Å². The van der Waals surface area contributed by atoms with E-state index in [2.05, 4.69) is 4.98 Å². The molecule has 0 aliphatic heterocycles. The molecule has 0 bridgehead atoms. The molecule has 0 saturated carbocycles. The van der Waals surface area contributed by atoms with E-state index in [-0.39, 0.29) is 10.7 Å². The molecular weight excluding hydrogens is 317 g/mol. The van der Waals surface area contributed by atoms with Gasteiger partial charge in [0.15, 0.2) is 16.2 Å². The van der Waals surface area contributed by atoms with Crippen LogP contribution in [0, 0.1) is 12.7 Å². The molecule has 0 aliphatic carbocycles. The summed E-state index contributed by atoms with van der Waals surface area (Å²) >= 11 is 0. The van der Waals surface area contributed by atoms with Crippen molar-refractivity contribution in [3.8, 4) is 22.4 Å². The molecule has 23 heavy (non-hydrogen) atoms. The summed E-state index contributed by atoms with van der Waals surface area (Å²) in [5.74, 6) is -0.376. The van der Waals surface area contributed by atoms with Crippen molar-refractivity contribution in [2.75, 3.05) is 6.26 Å². The summed E-state index contributed by atoms with van der Waals surface area (Å²) in [6.07, 6.45) is 3.97. The first kappa shape index (κ1) is 15.4. The average molecular weight is 331 g/mol. The average Bonchev–Trinajstić information content (AvgIpc) is 3.01. The number of oxazole rings is 1. The molecule has 0 aliphatic rings. The Kier molecular flexibility index (Phi) is 3.77. The van der Waals surface area contributed by atoms with Crippen LogP contribution in [0.5, 0.6) is 0 Å². The lowest BCUT2D eigenvalue weighted by Crippen LogP contribution is -2.02. The third kappa shape index (κ3) is 3.03. The first-order chi connectivity index (χ1) is 10.9. The Hall–Kier alpha value is -2.47. The summed E-state index contributed by atoms with van der Waals surface area (Å²) in [6.45, 7) is 1.81. The lowest BCUT2D eigenvalue weighted by Gasteiger charge is -2.13. The van der Waals surface area contributed by atoms with Crippen molar-refractivity contribution in [2.45, 2.75) is 11.8 Å². The maximum atomic E-state index is 13.2. The number of rotatable bonds is 3. The van der Waals surface area contributed by atoms with E-state index in [1.807, 2.05) is 6.92 Å². The van der Waals surface area contributed by atoms with Crippen molar-refractivity contribution in [1.82, 2.24) is 4.98 Å². The Morgan fingerprint density at radius 1 is 1.09 bits per heavy atom. The summed E-state index contributed by atoms with van der Waals surface area (Å²) in [4.78, 5) is 4.31. The Morgan fingerprint density at radius 2 is 1.78 bits per heavy atom. The highest BCUT2D eigenvalue weighted by molar-refractivity contribution is 7.90. The second-order valence-corrected chi connectivity index (χ2v) is 7.30. The summed E-state index contributed by atoms with van der Waals surface area (Å²) in [7, 11) is -3.44. The van der Waals surface area contributed by atoms with Gasteiger partial charge >= 0.3 is 0 Å². The molecule has 4 nitrogen and oxygen atoms in total. The normalized spacial score (nSPS) is 11.6. The first-order valence-corrected chi connectivity index (χ1v) is 8.74. The van der Waals surface area contributed by atoms with Crippen LogP contribution in [0.3, 0.4) is 0 Å². The quantitative estimate of drug-likeness (QED) is 0.731. The van der Waals surface area contributed by atoms with E-state index in [1.54, 1.807) is 24.3 Å². The zero-order valence-electron chi connectivity index (χ0n) is 12.6. The highest BCUT2D eigenvalue weighted by atomic mass is 32.2. The van der Waals surface area contributed by atoms with Crippen LogP contribution in [0.2, 0.25) is 0 Å². The predicted octanol–water partition coefficient (Wildman–Crippen LogP) is 3.86. The van der Waals surface area contributed by atoms with Gasteiger partial charge in [0.1, 0.15) is 17.8 Å². The molecular formula is C17H14FNO3S. The minimum atomic E-state index is -3.44. The zero-order valence-corrected chi connectivity index (χ0v) is 13.4. The SMILES string of the molecule is Cc1cc(S(C)(=O)=O)c(-c2ccc(F)cc2)cc1-c1cocn1. The van der Waals surface area contributed by atoms with E-state index in [0.717, 1.165) is 17.4 Å². The van der Waals surface area contributed by atoms with E-state index in [4.69, 9.17) is 4.42 Å². The Bertz CT molecular complexity index is 946. The third-order valence-electron chi connectivity index (χ3n) is 3.59. The molecule has 0 fully saturated rings. The lowest BCUT2D eigenvalue weighted by atomic mass is 9.98. The number of halogens is 1. The van der Waals surface area contributed by atoms with Gasteiger partial charge in [0.25, 0.3) is 0 Å². The number of nitrogens with zero attached hydrogens (tertiary/aromatic N) is 1. The molecule has 3 aromatic rings. The highest BCUT2D eigenvalue weighted by Gasteiger charge is 2.18. The maximum Gasteiger partial charge on any atom is 0.181 e. The predicted molar refractivity (Wildman–Crippen MR) is 85.2 cm³/mol. The number of sulfone groups is 1. The number of aromatic nitrogens is 1. The van der Waals surface area contributed by atoms with E-state index >= 15 is 0 Å². The van der Waals surface area contributed by atoms with Gasteiger partial charge in [-0.25, -0.2) is 17.8 Å². The molecule has 0 saturated heterocycles. The molecule has 0 N–H and O–H groups in total. The number of hydrogen-bond acceptors (Lipinski definition) is 4. The topological polar surface area (TPSA) is 60.2 Å². The van der Waals surface area contributed by atoms with Gasteiger partial charge in [0.2, 0.25) is 0 Å². The summed E-state index contributed by atoms with van der Waals surface area (Å²) < 4.78 is 42.4. The molecule has 6 heteroatoms. The molecule has 1 heterocycles. The maximum absolute atomic E-state index is 13.2. The number of aryl methyl sites for hydroxylation is 1. The number of hydrogen-bond donors (Lipinski definition) is 0. The Balaban J connectivity index is 2.30. The van der Waals surface area contributed by atoms with E-state index in [0.29, 0.717) is 16.8 Å². The van der Waals surface area contributed by atoms with Crippen LogP contribution in [-0.2, 0) is 9.84 Å². The Labute approximate surface area is 133 Å². The van der Waals surface area contributed by atoms with Crippen molar-refractivity contribution in [1.29, 1.82) is 0 Å². The van der Waals surface area contributed by atoms with Crippen molar-refractivity contribution in [3.63, 3.8) is 0 Å². The van der Waals surface area contributed by atoms with Gasteiger partial charge in [-0.1, -0.05) is 12.1 Å². The van der Waals surface area contributed by atoms with Crippen LogP contribution in [-0.4, -0.2) is 19.7 Å². The largest absolute Gasteiger partial charge is 0.451 e. The van der Waals surface area contributed by atoms with Crippen molar-refractivity contribution < 1.29 is 17.2 Å². The van der Waals surface area contributed by atoms with Gasteiger partial charge in [0, 0.05) is 17.4 Å². The summed E-state index contributed by atoms with van der Waals surface area (Å²) in [5, 5.41) is 0. The molecule has 0 spiro atoms. The molecule has 2 aromatic carbocycles. The standard InChI is InChI=1S/C17H14FNO3S/c1-11-7-17(23(2,20)21)15(12-3-5-13(18)6-4-12)8-14(11)16-9-22-10-19-16/h3-10H,1-2H3. The van der Waals surface area contributed by atoms with Gasteiger partial charge < -0.3 is 4.42 Å². The fourth-order valence-electron chi connectivity index (χ4n) is 2.46. The second-order valence-electron chi connectivity index (χ2n) is 5.32. The van der Waals surface area contributed by atoms with Crippen molar-refractivity contribution >= 4 is 9.84 Å². The Morgan fingerprint density at radius 3 is 2.35 bits per heavy atom. The smallest absolute Gasteiger partial charge is 0.181 e. The molecule has 0 atom stereocenters. The molecule has 0 unspecified atom stereocenters. The minimum absolute atomic E-state index is 0.203. The fraction of sp³-hybridized carbons (Fsp3) is 0.118. The van der Waals surface area contributed by atoms with Crippen molar-refractivity contribution in [2.24, 2.45) is 0 Å². The van der Waals surface area contributed by atoms with Gasteiger partial charge in [-0.05, 0) is 42.3 Å².